The Morgan fingerprint density at radius 3 is 2.55 bits per heavy atom. The number of halogens is 4. The van der Waals surface area contributed by atoms with Gasteiger partial charge in [0.1, 0.15) is 12.1 Å². The number of ether oxygens (including phenoxy) is 1. The molecule has 0 fully saturated rings. The van der Waals surface area contributed by atoms with Gasteiger partial charge >= 0.3 is 6.18 Å². The number of benzene rings is 1. The summed E-state index contributed by atoms with van der Waals surface area (Å²) >= 11 is 3.28. The number of hydrogen-bond acceptors (Lipinski definition) is 3. The standard InChI is InChI=1S/C12H11BrF3N3O/c1-7(2)20-10-4-3-8(5-9(10)13)19-6-17-18-11(19)12(14,15)16/h3-7H,1-2H3. The molecule has 0 aliphatic heterocycles. The lowest BCUT2D eigenvalue weighted by atomic mass is 10.3. The number of hydrogen-bond donors (Lipinski definition) is 0. The van der Waals surface area contributed by atoms with Crippen LogP contribution < -0.4 is 4.74 Å². The van der Waals surface area contributed by atoms with Crippen molar-refractivity contribution in [3.05, 3.63) is 34.8 Å². The summed E-state index contributed by atoms with van der Waals surface area (Å²) in [4.78, 5) is 0. The molecule has 0 amide bonds. The van der Waals surface area contributed by atoms with Crippen LogP contribution in [0.1, 0.15) is 19.7 Å². The molecule has 108 valence electrons. The van der Waals surface area contributed by atoms with Gasteiger partial charge in [0.2, 0.25) is 5.82 Å². The first-order valence-electron chi connectivity index (χ1n) is 5.73. The molecule has 0 saturated carbocycles. The zero-order valence-electron chi connectivity index (χ0n) is 10.6. The number of aromatic nitrogens is 3. The van der Waals surface area contributed by atoms with Crippen molar-refractivity contribution in [2.75, 3.05) is 0 Å². The van der Waals surface area contributed by atoms with Gasteiger partial charge in [-0.2, -0.15) is 13.2 Å². The average molecular weight is 350 g/mol. The molecule has 0 aliphatic carbocycles. The highest BCUT2D eigenvalue weighted by atomic mass is 79.9. The molecule has 2 rings (SSSR count). The van der Waals surface area contributed by atoms with Crippen LogP contribution in [0.15, 0.2) is 29.0 Å². The van der Waals surface area contributed by atoms with Crippen molar-refractivity contribution in [3.8, 4) is 11.4 Å². The molecule has 4 nitrogen and oxygen atoms in total. The zero-order chi connectivity index (χ0) is 14.9. The smallest absolute Gasteiger partial charge is 0.452 e. The predicted molar refractivity (Wildman–Crippen MR) is 69.8 cm³/mol. The van der Waals surface area contributed by atoms with Crippen molar-refractivity contribution >= 4 is 15.9 Å². The Bertz CT molecular complexity index is 610. The second-order valence-electron chi connectivity index (χ2n) is 4.30. The van der Waals surface area contributed by atoms with Gasteiger partial charge in [0, 0.05) is 0 Å². The molecule has 1 aromatic carbocycles. The fourth-order valence-corrected chi connectivity index (χ4v) is 2.07. The van der Waals surface area contributed by atoms with Gasteiger partial charge in [0.15, 0.2) is 0 Å². The van der Waals surface area contributed by atoms with Gasteiger partial charge in [0.05, 0.1) is 16.3 Å². The lowest BCUT2D eigenvalue weighted by molar-refractivity contribution is -0.146. The van der Waals surface area contributed by atoms with E-state index in [9.17, 15) is 13.2 Å². The Kier molecular flexibility index (Phi) is 4.03. The number of nitrogens with zero attached hydrogens (tertiary/aromatic N) is 3. The Hall–Kier alpha value is -1.57. The van der Waals surface area contributed by atoms with Crippen molar-refractivity contribution in [1.82, 2.24) is 14.8 Å². The molecule has 0 bridgehead atoms. The molecule has 1 aromatic heterocycles. The molecule has 0 N–H and O–H groups in total. The third kappa shape index (κ3) is 3.12. The van der Waals surface area contributed by atoms with Crippen LogP contribution in [0.4, 0.5) is 13.2 Å². The van der Waals surface area contributed by atoms with Crippen LogP contribution in [0.2, 0.25) is 0 Å². The lowest BCUT2D eigenvalue weighted by Gasteiger charge is -2.14. The van der Waals surface area contributed by atoms with E-state index in [-0.39, 0.29) is 6.10 Å². The molecule has 0 unspecified atom stereocenters. The van der Waals surface area contributed by atoms with Gasteiger partial charge in [-0.05, 0) is 48.0 Å². The van der Waals surface area contributed by atoms with Crippen LogP contribution in [0.5, 0.6) is 5.75 Å². The first kappa shape index (κ1) is 14.8. The molecule has 0 atom stereocenters. The molecule has 8 heteroatoms. The van der Waals surface area contributed by atoms with Gasteiger partial charge in [-0.15, -0.1) is 10.2 Å². The second-order valence-corrected chi connectivity index (χ2v) is 5.16. The average Bonchev–Trinajstić information content (AvgIpc) is 2.80. The minimum absolute atomic E-state index is 0.0298. The molecule has 1 heterocycles. The summed E-state index contributed by atoms with van der Waals surface area (Å²) in [5, 5.41) is 6.42. The fraction of sp³-hybridized carbons (Fsp3) is 0.333. The maximum atomic E-state index is 12.8. The molecule has 20 heavy (non-hydrogen) atoms. The second kappa shape index (κ2) is 5.43. The summed E-state index contributed by atoms with van der Waals surface area (Å²) in [6, 6.07) is 4.64. The highest BCUT2D eigenvalue weighted by molar-refractivity contribution is 9.10. The quantitative estimate of drug-likeness (QED) is 0.845. The molecule has 0 aliphatic rings. The maximum absolute atomic E-state index is 12.8. The fourth-order valence-electron chi connectivity index (χ4n) is 1.61. The highest BCUT2D eigenvalue weighted by Crippen LogP contribution is 2.32. The SMILES string of the molecule is CC(C)Oc1ccc(-n2cnnc2C(F)(F)F)cc1Br. The molecule has 2 aromatic rings. The minimum atomic E-state index is -4.56. The molecule has 0 spiro atoms. The van der Waals surface area contributed by atoms with Crippen LogP contribution in [0.3, 0.4) is 0 Å². The van der Waals surface area contributed by atoms with Gasteiger partial charge in [-0.1, -0.05) is 0 Å². The first-order chi connectivity index (χ1) is 9.29. The predicted octanol–water partition coefficient (Wildman–Crippen LogP) is 3.84. The maximum Gasteiger partial charge on any atom is 0.452 e. The molecule has 0 radical (unpaired) electrons. The summed E-state index contributed by atoms with van der Waals surface area (Å²) in [7, 11) is 0. The van der Waals surface area contributed by atoms with E-state index < -0.39 is 12.0 Å². The van der Waals surface area contributed by atoms with Crippen LogP contribution in [0, 0.1) is 0 Å². The molecular formula is C12H11BrF3N3O. The van der Waals surface area contributed by atoms with Gasteiger partial charge in [-0.3, -0.25) is 4.57 Å². The monoisotopic (exact) mass is 349 g/mol. The van der Waals surface area contributed by atoms with E-state index in [4.69, 9.17) is 4.74 Å². The van der Waals surface area contributed by atoms with E-state index in [0.29, 0.717) is 15.9 Å². The van der Waals surface area contributed by atoms with E-state index in [2.05, 4.69) is 26.1 Å². The lowest BCUT2D eigenvalue weighted by Crippen LogP contribution is -2.13. The summed E-state index contributed by atoms with van der Waals surface area (Å²) in [6.07, 6.45) is -3.57. The van der Waals surface area contributed by atoms with Crippen molar-refractivity contribution in [2.45, 2.75) is 26.1 Å². The summed E-state index contributed by atoms with van der Waals surface area (Å²) < 4.78 is 45.2. The van der Waals surface area contributed by atoms with Gasteiger partial charge in [0.25, 0.3) is 0 Å². The first-order valence-corrected chi connectivity index (χ1v) is 6.52. The summed E-state index contributed by atoms with van der Waals surface area (Å²) in [6.45, 7) is 3.73. The Balaban J connectivity index is 2.40. The normalized spacial score (nSPS) is 11.9. The van der Waals surface area contributed by atoms with Crippen LogP contribution in [-0.4, -0.2) is 20.9 Å². The zero-order valence-corrected chi connectivity index (χ0v) is 12.2. The largest absolute Gasteiger partial charge is 0.490 e. The third-order valence-electron chi connectivity index (χ3n) is 2.36. The van der Waals surface area contributed by atoms with E-state index >= 15 is 0 Å². The topological polar surface area (TPSA) is 39.9 Å². The van der Waals surface area contributed by atoms with Crippen molar-refractivity contribution < 1.29 is 17.9 Å². The highest BCUT2D eigenvalue weighted by Gasteiger charge is 2.37. The Morgan fingerprint density at radius 1 is 1.30 bits per heavy atom. The van der Waals surface area contributed by atoms with E-state index in [1.807, 2.05) is 13.8 Å². The Labute approximate surface area is 121 Å². The summed E-state index contributed by atoms with van der Waals surface area (Å²) in [5.74, 6) is -0.507. The van der Waals surface area contributed by atoms with Crippen LogP contribution in [0.25, 0.3) is 5.69 Å². The van der Waals surface area contributed by atoms with Crippen LogP contribution in [-0.2, 0) is 6.18 Å². The third-order valence-corrected chi connectivity index (χ3v) is 2.98. The summed E-state index contributed by atoms with van der Waals surface area (Å²) in [5.41, 5.74) is 0.297. The van der Waals surface area contributed by atoms with Crippen molar-refractivity contribution in [1.29, 1.82) is 0 Å². The minimum Gasteiger partial charge on any atom is -0.490 e. The van der Waals surface area contributed by atoms with E-state index in [0.717, 1.165) is 10.9 Å². The van der Waals surface area contributed by atoms with Gasteiger partial charge in [-0.25, -0.2) is 0 Å². The van der Waals surface area contributed by atoms with Crippen molar-refractivity contribution in [2.24, 2.45) is 0 Å². The van der Waals surface area contributed by atoms with Gasteiger partial charge < -0.3 is 4.74 Å². The van der Waals surface area contributed by atoms with Crippen molar-refractivity contribution in [3.63, 3.8) is 0 Å². The van der Waals surface area contributed by atoms with E-state index in [1.54, 1.807) is 6.07 Å². The number of rotatable bonds is 3. The Morgan fingerprint density at radius 2 is 2.00 bits per heavy atom. The molecular weight excluding hydrogens is 339 g/mol. The van der Waals surface area contributed by atoms with Crippen LogP contribution >= 0.6 is 15.9 Å². The molecule has 0 saturated heterocycles. The number of alkyl halides is 3. The van der Waals surface area contributed by atoms with E-state index in [1.165, 1.54) is 12.1 Å².